The van der Waals surface area contributed by atoms with Gasteiger partial charge in [0.15, 0.2) is 5.82 Å². The lowest BCUT2D eigenvalue weighted by Gasteiger charge is -2.13. The summed E-state index contributed by atoms with van der Waals surface area (Å²) >= 11 is 1.67. The molecule has 1 aromatic rings. The topological polar surface area (TPSA) is 63.6 Å². The molecule has 1 fully saturated rings. The summed E-state index contributed by atoms with van der Waals surface area (Å²) in [7, 11) is 0. The Hall–Kier alpha value is -1.95. The standard InChI is InChI=1S/C17H20N4OS/c1-2-13-15-16(21(20-13)11-6-3-4-7-11)18-14(19-17(15)22)10-12-8-5-9-23-12/h5,8-9,11,20H,2-4,6-7,10H2,1H3. The molecule has 0 radical (unpaired) electrons. The lowest BCUT2D eigenvalue weighted by atomic mass is 10.1. The van der Waals surface area contributed by atoms with Gasteiger partial charge in [-0.2, -0.15) is 4.98 Å². The molecular weight excluding hydrogens is 308 g/mol. The molecule has 3 heterocycles. The predicted molar refractivity (Wildman–Crippen MR) is 91.3 cm³/mol. The summed E-state index contributed by atoms with van der Waals surface area (Å²) < 4.78 is 2.13. The molecule has 0 spiro atoms. The van der Waals surface area contributed by atoms with E-state index in [0.29, 0.717) is 23.9 Å². The Kier molecular flexibility index (Phi) is 3.77. The molecule has 4 rings (SSSR count). The maximum Gasteiger partial charge on any atom is 0.284 e. The summed E-state index contributed by atoms with van der Waals surface area (Å²) in [5.74, 6) is 1.42. The largest absolute Gasteiger partial charge is 0.300 e. The maximum absolute atomic E-state index is 12.6. The number of hydrogen-bond donors (Lipinski definition) is 1. The third-order valence-electron chi connectivity index (χ3n) is 4.64. The summed E-state index contributed by atoms with van der Waals surface area (Å²) in [4.78, 5) is 22.7. The highest BCUT2D eigenvalue weighted by Gasteiger charge is 2.27. The average molecular weight is 328 g/mol. The molecule has 6 heteroatoms. The first kappa shape index (κ1) is 14.6. The second kappa shape index (κ2) is 5.92. The molecular formula is C17H20N4OS. The van der Waals surface area contributed by atoms with Crippen LogP contribution in [0.3, 0.4) is 0 Å². The van der Waals surface area contributed by atoms with E-state index in [9.17, 15) is 4.79 Å². The van der Waals surface area contributed by atoms with Gasteiger partial charge < -0.3 is 0 Å². The van der Waals surface area contributed by atoms with E-state index in [1.54, 1.807) is 11.3 Å². The van der Waals surface area contributed by atoms with Crippen molar-refractivity contribution in [3.8, 4) is 11.4 Å². The zero-order valence-electron chi connectivity index (χ0n) is 13.2. The monoisotopic (exact) mass is 328 g/mol. The first-order valence-electron chi connectivity index (χ1n) is 8.28. The van der Waals surface area contributed by atoms with Crippen LogP contribution >= 0.6 is 11.3 Å². The van der Waals surface area contributed by atoms with Gasteiger partial charge in [0.05, 0.1) is 6.04 Å². The van der Waals surface area contributed by atoms with Crippen LogP contribution in [0.4, 0.5) is 0 Å². The fourth-order valence-corrected chi connectivity index (χ4v) is 4.20. The molecule has 0 atom stereocenters. The number of fused-ring (bicyclic) bond motifs is 1. The van der Waals surface area contributed by atoms with Gasteiger partial charge in [-0.25, -0.2) is 4.98 Å². The number of hydrogen-bond acceptors (Lipinski definition) is 4. The first-order chi connectivity index (χ1) is 11.3. The highest BCUT2D eigenvalue weighted by atomic mass is 32.1. The number of aromatic amines is 1. The molecule has 120 valence electrons. The fraction of sp³-hybridized carbons (Fsp3) is 0.471. The fourth-order valence-electron chi connectivity index (χ4n) is 3.50. The molecule has 1 aliphatic carbocycles. The van der Waals surface area contributed by atoms with Crippen LogP contribution in [0.2, 0.25) is 0 Å². The van der Waals surface area contributed by atoms with Crippen LogP contribution in [-0.4, -0.2) is 19.7 Å². The third kappa shape index (κ3) is 2.61. The van der Waals surface area contributed by atoms with E-state index < -0.39 is 0 Å². The van der Waals surface area contributed by atoms with Gasteiger partial charge in [-0.15, -0.1) is 11.3 Å². The van der Waals surface area contributed by atoms with Crippen molar-refractivity contribution >= 4 is 11.3 Å². The van der Waals surface area contributed by atoms with Crippen LogP contribution in [0.1, 0.15) is 55.0 Å². The molecule has 0 aromatic carbocycles. The summed E-state index contributed by atoms with van der Waals surface area (Å²) in [5.41, 5.74) is 1.49. The minimum absolute atomic E-state index is 0.147. The lowest BCUT2D eigenvalue weighted by molar-refractivity contribution is 0.464. The van der Waals surface area contributed by atoms with Gasteiger partial charge in [-0.3, -0.25) is 14.6 Å². The van der Waals surface area contributed by atoms with Crippen LogP contribution in [0, 0.1) is 0 Å². The van der Waals surface area contributed by atoms with Gasteiger partial charge in [-0.1, -0.05) is 25.8 Å². The molecule has 23 heavy (non-hydrogen) atoms. The number of nitrogens with zero attached hydrogens (tertiary/aromatic N) is 3. The molecule has 0 unspecified atom stereocenters. The number of H-pyrrole nitrogens is 1. The minimum atomic E-state index is -0.147. The van der Waals surface area contributed by atoms with Crippen LogP contribution in [-0.2, 0) is 12.8 Å². The van der Waals surface area contributed by atoms with Crippen LogP contribution < -0.4 is 5.56 Å². The van der Waals surface area contributed by atoms with Gasteiger partial charge in [0, 0.05) is 17.0 Å². The number of aromatic nitrogens is 4. The normalized spacial score (nSPS) is 15.7. The van der Waals surface area contributed by atoms with E-state index in [1.165, 1.54) is 17.7 Å². The van der Waals surface area contributed by atoms with Crippen molar-refractivity contribution < 1.29 is 0 Å². The Labute approximate surface area is 138 Å². The maximum atomic E-state index is 12.6. The summed E-state index contributed by atoms with van der Waals surface area (Å²) in [5, 5.41) is 5.46. The quantitative estimate of drug-likeness (QED) is 0.798. The Bertz CT molecular complexity index is 827. The average Bonchev–Trinajstić information content (AvgIpc) is 3.27. The molecule has 1 N–H and O–H groups in total. The van der Waals surface area contributed by atoms with Crippen molar-refractivity contribution in [1.29, 1.82) is 0 Å². The molecule has 3 aliphatic rings. The SMILES string of the molecule is CCc1[nH]n(C2CCCC2)c2nc(Cc3cccs3)nc(=O)c1-2. The minimum Gasteiger partial charge on any atom is -0.300 e. The van der Waals surface area contributed by atoms with E-state index >= 15 is 0 Å². The predicted octanol–water partition coefficient (Wildman–Crippen LogP) is 3.40. The van der Waals surface area contributed by atoms with E-state index in [4.69, 9.17) is 4.98 Å². The second-order valence-electron chi connectivity index (χ2n) is 6.15. The number of rotatable bonds is 4. The van der Waals surface area contributed by atoms with Gasteiger partial charge in [-0.05, 0) is 30.7 Å². The van der Waals surface area contributed by atoms with Crippen molar-refractivity contribution in [3.63, 3.8) is 0 Å². The van der Waals surface area contributed by atoms with Gasteiger partial charge in [0.2, 0.25) is 0 Å². The lowest BCUT2D eigenvalue weighted by Crippen LogP contribution is -2.18. The number of aryl methyl sites for hydroxylation is 1. The molecule has 2 aliphatic heterocycles. The Morgan fingerprint density at radius 3 is 2.87 bits per heavy atom. The summed E-state index contributed by atoms with van der Waals surface area (Å²) in [6, 6.07) is 4.50. The Morgan fingerprint density at radius 1 is 1.35 bits per heavy atom. The molecule has 0 amide bonds. The number of thiophene rings is 1. The Morgan fingerprint density at radius 2 is 2.17 bits per heavy atom. The van der Waals surface area contributed by atoms with Gasteiger partial charge >= 0.3 is 0 Å². The number of nitrogens with one attached hydrogen (secondary N) is 1. The Balaban J connectivity index is 1.82. The van der Waals surface area contributed by atoms with Crippen molar-refractivity contribution in [1.82, 2.24) is 19.7 Å². The zero-order chi connectivity index (χ0) is 15.8. The zero-order valence-corrected chi connectivity index (χ0v) is 14.0. The van der Waals surface area contributed by atoms with Crippen molar-refractivity contribution in [2.45, 2.75) is 51.5 Å². The molecule has 1 aromatic heterocycles. The second-order valence-corrected chi connectivity index (χ2v) is 7.18. The highest BCUT2D eigenvalue weighted by molar-refractivity contribution is 7.09. The first-order valence-corrected chi connectivity index (χ1v) is 9.16. The van der Waals surface area contributed by atoms with Crippen molar-refractivity contribution in [2.24, 2.45) is 0 Å². The molecule has 5 nitrogen and oxygen atoms in total. The summed E-state index contributed by atoms with van der Waals surface area (Å²) in [6.07, 6.45) is 6.22. The van der Waals surface area contributed by atoms with Crippen molar-refractivity contribution in [3.05, 3.63) is 44.3 Å². The van der Waals surface area contributed by atoms with E-state index in [1.807, 2.05) is 11.4 Å². The van der Waals surface area contributed by atoms with Crippen molar-refractivity contribution in [2.75, 3.05) is 0 Å². The third-order valence-corrected chi connectivity index (χ3v) is 5.52. The molecule has 0 bridgehead atoms. The molecule has 1 saturated carbocycles. The van der Waals surface area contributed by atoms with Crippen LogP contribution in [0.15, 0.2) is 22.3 Å². The van der Waals surface area contributed by atoms with E-state index in [2.05, 4.69) is 27.8 Å². The molecule has 0 saturated heterocycles. The van der Waals surface area contributed by atoms with E-state index in [0.717, 1.165) is 30.8 Å². The van der Waals surface area contributed by atoms with Gasteiger partial charge in [0.1, 0.15) is 11.4 Å². The van der Waals surface area contributed by atoms with Crippen LogP contribution in [0.5, 0.6) is 0 Å². The van der Waals surface area contributed by atoms with E-state index in [-0.39, 0.29) is 5.56 Å². The summed E-state index contributed by atoms with van der Waals surface area (Å²) in [6.45, 7) is 2.06. The highest BCUT2D eigenvalue weighted by Crippen LogP contribution is 2.33. The van der Waals surface area contributed by atoms with Crippen LogP contribution in [0.25, 0.3) is 11.4 Å². The van der Waals surface area contributed by atoms with Gasteiger partial charge in [0.25, 0.3) is 5.56 Å². The smallest absolute Gasteiger partial charge is 0.284 e.